The minimum absolute atomic E-state index is 0.175. The first-order valence-electron chi connectivity index (χ1n) is 10.8. The normalized spacial score (nSPS) is 10.8. The molecule has 0 fully saturated rings. The minimum Gasteiger partial charge on any atom is -0.508 e. The Labute approximate surface area is 196 Å². The predicted molar refractivity (Wildman–Crippen MR) is 130 cm³/mol. The number of rotatable bonds is 8. The molecule has 2 heterocycles. The third kappa shape index (κ3) is 5.15. The van der Waals surface area contributed by atoms with E-state index in [1.165, 1.54) is 11.5 Å². The molecule has 4 aromatic rings. The smallest absolute Gasteiger partial charge is 0.278 e. The molecular weight excluding hydrogens is 434 g/mol. The van der Waals surface area contributed by atoms with Crippen LogP contribution in [0.3, 0.4) is 0 Å². The fraction of sp³-hybridized carbons (Fsp3) is 0.200. The molecular formula is C25H25N5O4. The van der Waals surface area contributed by atoms with Crippen LogP contribution < -0.4 is 20.9 Å². The Morgan fingerprint density at radius 1 is 1.03 bits per heavy atom. The van der Waals surface area contributed by atoms with Gasteiger partial charge in [-0.15, -0.1) is 0 Å². The molecule has 3 N–H and O–H groups in total. The van der Waals surface area contributed by atoms with Crippen molar-refractivity contribution < 1.29 is 14.6 Å². The molecule has 0 aliphatic heterocycles. The van der Waals surface area contributed by atoms with Gasteiger partial charge in [0.05, 0.1) is 7.11 Å². The number of pyridine rings is 1. The van der Waals surface area contributed by atoms with Crippen LogP contribution in [0.5, 0.6) is 11.5 Å². The van der Waals surface area contributed by atoms with Crippen LogP contribution in [-0.2, 0) is 17.9 Å². The monoisotopic (exact) mass is 459 g/mol. The molecule has 2 aromatic heterocycles. The number of phenols is 1. The number of carbonyl (C=O) groups excluding carboxylic acids is 1. The van der Waals surface area contributed by atoms with Crippen molar-refractivity contribution in [2.75, 3.05) is 19.0 Å². The van der Waals surface area contributed by atoms with E-state index < -0.39 is 0 Å². The topological polar surface area (TPSA) is 118 Å². The molecule has 0 aliphatic rings. The highest BCUT2D eigenvalue weighted by atomic mass is 16.5. The van der Waals surface area contributed by atoms with E-state index in [4.69, 9.17) is 4.74 Å². The fourth-order valence-electron chi connectivity index (χ4n) is 3.51. The van der Waals surface area contributed by atoms with E-state index in [1.54, 1.807) is 49.6 Å². The lowest BCUT2D eigenvalue weighted by molar-refractivity contribution is -0.118. The van der Waals surface area contributed by atoms with Crippen molar-refractivity contribution in [2.24, 2.45) is 0 Å². The molecule has 0 spiro atoms. The number of nitrogens with zero attached hydrogens (tertiary/aromatic N) is 3. The van der Waals surface area contributed by atoms with Crippen molar-refractivity contribution >= 4 is 22.9 Å². The Hall–Kier alpha value is -4.40. The summed E-state index contributed by atoms with van der Waals surface area (Å²) in [4.78, 5) is 34.0. The van der Waals surface area contributed by atoms with Gasteiger partial charge in [0.25, 0.3) is 5.56 Å². The van der Waals surface area contributed by atoms with Gasteiger partial charge in [0.1, 0.15) is 28.5 Å². The van der Waals surface area contributed by atoms with Crippen LogP contribution in [0, 0.1) is 0 Å². The Bertz CT molecular complexity index is 1370. The molecule has 4 rings (SSSR count). The van der Waals surface area contributed by atoms with E-state index in [0.717, 1.165) is 5.56 Å². The van der Waals surface area contributed by atoms with Crippen LogP contribution in [0.25, 0.3) is 22.4 Å². The maximum absolute atomic E-state index is 13.4. The quantitative estimate of drug-likeness (QED) is 0.371. The Balaban J connectivity index is 1.71. The molecule has 0 saturated heterocycles. The maximum atomic E-state index is 13.4. The summed E-state index contributed by atoms with van der Waals surface area (Å²) < 4.78 is 6.74. The number of nitrogens with one attached hydrogen (secondary N) is 2. The number of aromatic nitrogens is 3. The lowest BCUT2D eigenvalue weighted by atomic mass is 10.1. The van der Waals surface area contributed by atoms with Crippen molar-refractivity contribution in [1.82, 2.24) is 19.9 Å². The van der Waals surface area contributed by atoms with Gasteiger partial charge in [-0.1, -0.05) is 12.1 Å². The lowest BCUT2D eigenvalue weighted by Crippen LogP contribution is -2.31. The number of hydrogen-bond donors (Lipinski definition) is 3. The van der Waals surface area contributed by atoms with Gasteiger partial charge in [-0.3, -0.25) is 14.2 Å². The van der Waals surface area contributed by atoms with Crippen molar-refractivity contribution in [2.45, 2.75) is 20.0 Å². The fourth-order valence-corrected chi connectivity index (χ4v) is 3.51. The number of fused-ring (bicyclic) bond motifs is 1. The summed E-state index contributed by atoms with van der Waals surface area (Å²) in [5, 5.41) is 15.4. The molecule has 2 aromatic carbocycles. The number of amides is 1. The SMILES string of the molecule is COc1ccc(-c2nc3ccc(NCc4ccc(O)cc4)nc3n(CCNC(C)=O)c2=O)cc1. The first-order valence-corrected chi connectivity index (χ1v) is 10.8. The van der Waals surface area contributed by atoms with Crippen molar-refractivity contribution in [1.29, 1.82) is 0 Å². The van der Waals surface area contributed by atoms with Gasteiger partial charge >= 0.3 is 0 Å². The zero-order chi connectivity index (χ0) is 24.1. The number of aromatic hydroxyl groups is 1. The zero-order valence-electron chi connectivity index (χ0n) is 18.9. The summed E-state index contributed by atoms with van der Waals surface area (Å²) in [5.74, 6) is 1.29. The molecule has 34 heavy (non-hydrogen) atoms. The van der Waals surface area contributed by atoms with E-state index >= 15 is 0 Å². The van der Waals surface area contributed by atoms with Crippen molar-refractivity contribution in [3.05, 3.63) is 76.6 Å². The van der Waals surface area contributed by atoms with Gasteiger partial charge in [-0.25, -0.2) is 9.97 Å². The molecule has 9 heteroatoms. The first kappa shape index (κ1) is 22.8. The van der Waals surface area contributed by atoms with Crippen LogP contribution in [-0.4, -0.2) is 39.2 Å². The largest absolute Gasteiger partial charge is 0.508 e. The predicted octanol–water partition coefficient (Wildman–Crippen LogP) is 2.92. The number of ether oxygens (including phenoxy) is 1. The number of methoxy groups -OCH3 is 1. The highest BCUT2D eigenvalue weighted by Crippen LogP contribution is 2.21. The van der Waals surface area contributed by atoms with E-state index in [0.29, 0.717) is 40.5 Å². The van der Waals surface area contributed by atoms with Crippen LogP contribution in [0.15, 0.2) is 65.5 Å². The summed E-state index contributed by atoms with van der Waals surface area (Å²) in [6.45, 7) is 2.45. The number of anilines is 1. The summed E-state index contributed by atoms with van der Waals surface area (Å²) in [6.07, 6.45) is 0. The molecule has 0 saturated carbocycles. The standard InChI is InChI=1S/C25H25N5O4/c1-16(31)26-13-14-30-24-21(28-23(25(30)33)18-5-9-20(34-2)10-6-18)11-12-22(29-24)27-15-17-3-7-19(32)8-4-17/h3-12,32H,13-15H2,1-2H3,(H,26,31)(H,27,29). The number of benzene rings is 2. The molecule has 9 nitrogen and oxygen atoms in total. The molecule has 0 aliphatic carbocycles. The molecule has 0 bridgehead atoms. The van der Waals surface area contributed by atoms with Gasteiger partial charge in [0.2, 0.25) is 5.91 Å². The third-order valence-corrected chi connectivity index (χ3v) is 5.27. The van der Waals surface area contributed by atoms with Crippen LogP contribution in [0.4, 0.5) is 5.82 Å². The highest BCUT2D eigenvalue weighted by molar-refractivity contribution is 5.76. The van der Waals surface area contributed by atoms with Crippen LogP contribution >= 0.6 is 0 Å². The molecule has 0 unspecified atom stereocenters. The highest BCUT2D eigenvalue weighted by Gasteiger charge is 2.15. The second-order valence-corrected chi connectivity index (χ2v) is 7.69. The van der Waals surface area contributed by atoms with E-state index in [1.807, 2.05) is 18.2 Å². The lowest BCUT2D eigenvalue weighted by Gasteiger charge is -2.14. The van der Waals surface area contributed by atoms with Crippen LogP contribution in [0.2, 0.25) is 0 Å². The minimum atomic E-state index is -0.300. The molecule has 0 radical (unpaired) electrons. The summed E-state index contributed by atoms with van der Waals surface area (Å²) >= 11 is 0. The number of phenolic OH excluding ortho intramolecular Hbond substituents is 1. The van der Waals surface area contributed by atoms with Crippen LogP contribution in [0.1, 0.15) is 12.5 Å². The summed E-state index contributed by atoms with van der Waals surface area (Å²) in [7, 11) is 1.58. The summed E-state index contributed by atoms with van der Waals surface area (Å²) in [6, 6.07) is 17.6. The third-order valence-electron chi connectivity index (χ3n) is 5.27. The molecule has 174 valence electrons. The number of carbonyl (C=O) groups is 1. The first-order chi connectivity index (χ1) is 16.4. The van der Waals surface area contributed by atoms with Gasteiger partial charge in [0.15, 0.2) is 5.65 Å². The molecule has 1 amide bonds. The van der Waals surface area contributed by atoms with Crippen molar-refractivity contribution in [3.8, 4) is 22.8 Å². The second kappa shape index (κ2) is 10.0. The maximum Gasteiger partial charge on any atom is 0.278 e. The Morgan fingerprint density at radius 3 is 2.44 bits per heavy atom. The average Bonchev–Trinajstić information content (AvgIpc) is 2.84. The van der Waals surface area contributed by atoms with Crippen molar-refractivity contribution in [3.63, 3.8) is 0 Å². The average molecular weight is 460 g/mol. The van der Waals surface area contributed by atoms with E-state index in [2.05, 4.69) is 20.6 Å². The number of hydrogen-bond acceptors (Lipinski definition) is 7. The van der Waals surface area contributed by atoms with Gasteiger partial charge < -0.3 is 20.5 Å². The summed E-state index contributed by atoms with van der Waals surface area (Å²) in [5.41, 5.74) is 2.61. The Morgan fingerprint density at radius 2 is 1.76 bits per heavy atom. The molecule has 0 atom stereocenters. The second-order valence-electron chi connectivity index (χ2n) is 7.69. The van der Waals surface area contributed by atoms with Gasteiger partial charge in [0, 0.05) is 32.1 Å². The van der Waals surface area contributed by atoms with E-state index in [-0.39, 0.29) is 30.3 Å². The van der Waals surface area contributed by atoms with Gasteiger partial charge in [-0.2, -0.15) is 0 Å². The van der Waals surface area contributed by atoms with Gasteiger partial charge in [-0.05, 0) is 54.1 Å². The zero-order valence-corrected chi connectivity index (χ0v) is 18.9. The Kier molecular flexibility index (Phi) is 6.72. The van der Waals surface area contributed by atoms with E-state index in [9.17, 15) is 14.7 Å².